The van der Waals surface area contributed by atoms with Crippen LogP contribution in [0.4, 0.5) is 0 Å². The molecule has 0 unspecified atom stereocenters. The molecule has 4 atom stereocenters. The molecule has 0 aromatic rings. The van der Waals surface area contributed by atoms with Gasteiger partial charge in [0.15, 0.2) is 0 Å². The van der Waals surface area contributed by atoms with Crippen molar-refractivity contribution in [3.63, 3.8) is 0 Å². The zero-order chi connectivity index (χ0) is 15.4. The fourth-order valence-electron chi connectivity index (χ4n) is 5.07. The second-order valence-corrected chi connectivity index (χ2v) is 7.58. The van der Waals surface area contributed by atoms with Gasteiger partial charge in [-0.25, -0.2) is 4.79 Å². The van der Waals surface area contributed by atoms with Crippen LogP contribution in [0.3, 0.4) is 0 Å². The van der Waals surface area contributed by atoms with E-state index in [-0.39, 0.29) is 22.9 Å². The summed E-state index contributed by atoms with van der Waals surface area (Å²) in [5.74, 6) is 0.0113. The predicted octanol–water partition coefficient (Wildman–Crippen LogP) is 2.80. The Bertz CT molecular complexity index is 493. The van der Waals surface area contributed by atoms with Crippen molar-refractivity contribution in [2.24, 2.45) is 16.7 Å². The van der Waals surface area contributed by atoms with Gasteiger partial charge in [-0.2, -0.15) is 0 Å². The normalized spacial score (nSPS) is 41.6. The molecule has 3 rings (SSSR count). The molecule has 1 saturated carbocycles. The van der Waals surface area contributed by atoms with Gasteiger partial charge in [-0.15, -0.1) is 0 Å². The molecule has 0 saturated heterocycles. The first kappa shape index (κ1) is 15.0. The topological polar surface area (TPSA) is 55.8 Å². The lowest BCUT2D eigenvalue weighted by Crippen LogP contribution is -2.50. The van der Waals surface area contributed by atoms with Crippen molar-refractivity contribution in [3.05, 3.63) is 11.1 Å². The highest BCUT2D eigenvalue weighted by molar-refractivity contribution is 5.94. The largest absolute Gasteiger partial charge is 0.428 e. The molecule has 21 heavy (non-hydrogen) atoms. The summed E-state index contributed by atoms with van der Waals surface area (Å²) in [7, 11) is 0. The molecule has 3 aliphatic rings. The highest BCUT2D eigenvalue weighted by Crippen LogP contribution is 2.61. The molecular weight excluding hydrogens is 268 g/mol. The summed E-state index contributed by atoms with van der Waals surface area (Å²) in [5, 5.41) is 10.3. The fourth-order valence-corrected chi connectivity index (χ4v) is 5.07. The maximum absolute atomic E-state index is 12.2. The Hall–Kier alpha value is -0.870. The van der Waals surface area contributed by atoms with Gasteiger partial charge in [0.05, 0.1) is 11.7 Å². The molecule has 0 amide bonds. The molecule has 118 valence electrons. The van der Waals surface area contributed by atoms with Gasteiger partial charge in [0, 0.05) is 12.2 Å². The summed E-state index contributed by atoms with van der Waals surface area (Å²) in [6.45, 7) is 9.30. The summed E-state index contributed by atoms with van der Waals surface area (Å²) in [5.41, 5.74) is 1.43. The number of rotatable bonds is 2. The zero-order valence-electron chi connectivity index (χ0n) is 13.4. The van der Waals surface area contributed by atoms with E-state index in [9.17, 15) is 9.90 Å². The van der Waals surface area contributed by atoms with Crippen molar-refractivity contribution in [1.29, 1.82) is 0 Å². The van der Waals surface area contributed by atoms with Gasteiger partial charge in [-0.3, -0.25) is 0 Å². The van der Waals surface area contributed by atoms with Crippen LogP contribution in [-0.4, -0.2) is 30.1 Å². The van der Waals surface area contributed by atoms with E-state index in [0.717, 1.165) is 24.8 Å². The second kappa shape index (κ2) is 4.82. The van der Waals surface area contributed by atoms with Gasteiger partial charge < -0.3 is 14.6 Å². The predicted molar refractivity (Wildman–Crippen MR) is 78.4 cm³/mol. The average Bonchev–Trinajstić information content (AvgIpc) is 2.68. The van der Waals surface area contributed by atoms with E-state index < -0.39 is 6.29 Å². The number of carbonyl (C=O) groups excluding carboxylic acids is 1. The van der Waals surface area contributed by atoms with Crippen LogP contribution < -0.4 is 0 Å². The third-order valence-corrected chi connectivity index (χ3v) is 5.96. The molecule has 0 radical (unpaired) electrons. The Morgan fingerprint density at radius 1 is 1.33 bits per heavy atom. The number of fused-ring (bicyclic) bond motifs is 2. The minimum absolute atomic E-state index is 0.156. The molecule has 4 nitrogen and oxygen atoms in total. The molecule has 1 fully saturated rings. The first-order valence-corrected chi connectivity index (χ1v) is 8.06. The lowest BCUT2D eigenvalue weighted by molar-refractivity contribution is -0.153. The smallest absolute Gasteiger partial charge is 0.339 e. The maximum Gasteiger partial charge on any atom is 0.339 e. The lowest BCUT2D eigenvalue weighted by Gasteiger charge is -2.55. The number of carbonyl (C=O) groups is 1. The zero-order valence-corrected chi connectivity index (χ0v) is 13.4. The summed E-state index contributed by atoms with van der Waals surface area (Å²) in [4.78, 5) is 12.2. The number of cyclic esters (lactones) is 1. The number of ether oxygens (including phenoxy) is 2. The number of aliphatic hydroxyl groups is 1. The summed E-state index contributed by atoms with van der Waals surface area (Å²) in [6.07, 6.45) is 2.84. The fraction of sp³-hybridized carbons (Fsp3) is 0.824. The minimum atomic E-state index is -1.09. The second-order valence-electron chi connectivity index (χ2n) is 7.58. The van der Waals surface area contributed by atoms with Gasteiger partial charge in [0.2, 0.25) is 6.29 Å². The Morgan fingerprint density at radius 3 is 2.71 bits per heavy atom. The highest BCUT2D eigenvalue weighted by atomic mass is 16.6. The molecule has 1 heterocycles. The van der Waals surface area contributed by atoms with Crippen LogP contribution in [0, 0.1) is 16.7 Å². The van der Waals surface area contributed by atoms with Crippen molar-refractivity contribution in [2.75, 3.05) is 6.61 Å². The van der Waals surface area contributed by atoms with Gasteiger partial charge in [0.25, 0.3) is 0 Å². The van der Waals surface area contributed by atoms with E-state index in [2.05, 4.69) is 20.8 Å². The molecule has 0 aromatic heterocycles. The molecule has 0 bridgehead atoms. The Kier molecular flexibility index (Phi) is 3.45. The van der Waals surface area contributed by atoms with Gasteiger partial charge in [-0.05, 0) is 42.9 Å². The van der Waals surface area contributed by atoms with Crippen molar-refractivity contribution in [1.82, 2.24) is 0 Å². The number of aliphatic hydroxyl groups excluding tert-OH is 1. The summed E-state index contributed by atoms with van der Waals surface area (Å²) >= 11 is 0. The molecule has 2 aliphatic carbocycles. The van der Waals surface area contributed by atoms with Crippen LogP contribution in [0.5, 0.6) is 0 Å². The minimum Gasteiger partial charge on any atom is -0.428 e. The molecule has 1 aliphatic heterocycles. The van der Waals surface area contributed by atoms with Crippen molar-refractivity contribution >= 4 is 5.97 Å². The lowest BCUT2D eigenvalue weighted by atomic mass is 9.50. The molecular formula is C17H26O4. The molecule has 0 spiro atoms. The Morgan fingerprint density at radius 2 is 2.05 bits per heavy atom. The van der Waals surface area contributed by atoms with E-state index in [4.69, 9.17) is 9.47 Å². The number of esters is 1. The van der Waals surface area contributed by atoms with Gasteiger partial charge >= 0.3 is 5.97 Å². The van der Waals surface area contributed by atoms with Crippen molar-refractivity contribution in [2.45, 2.75) is 65.8 Å². The van der Waals surface area contributed by atoms with Crippen molar-refractivity contribution in [3.8, 4) is 0 Å². The van der Waals surface area contributed by atoms with Crippen LogP contribution in [-0.2, 0) is 14.3 Å². The average molecular weight is 294 g/mol. The monoisotopic (exact) mass is 294 g/mol. The molecule has 0 aromatic carbocycles. The number of hydrogen-bond acceptors (Lipinski definition) is 4. The van der Waals surface area contributed by atoms with Gasteiger partial charge in [0.1, 0.15) is 0 Å². The SMILES string of the molecule is CCO[C@@H]1C[C@H]2C(C)(C)CCC[C@]2(C)C2=C1C(=O)O[C@H]2O. The van der Waals surface area contributed by atoms with Crippen LogP contribution in [0.1, 0.15) is 53.4 Å². The van der Waals surface area contributed by atoms with Crippen LogP contribution in [0.15, 0.2) is 11.1 Å². The van der Waals surface area contributed by atoms with E-state index >= 15 is 0 Å². The first-order chi connectivity index (χ1) is 9.81. The van der Waals surface area contributed by atoms with E-state index in [1.54, 1.807) is 0 Å². The standard InChI is InChI=1S/C17H26O4/c1-5-20-10-9-11-16(2,3)7-6-8-17(11,4)13-12(10)14(18)21-15(13)19/h10-11,15,19H,5-9H2,1-4H3/t10-,11+,15-,17+/m1/s1. The first-order valence-electron chi connectivity index (χ1n) is 8.06. The van der Waals surface area contributed by atoms with Crippen LogP contribution in [0.25, 0.3) is 0 Å². The highest BCUT2D eigenvalue weighted by Gasteiger charge is 2.58. The number of hydrogen-bond donors (Lipinski definition) is 1. The van der Waals surface area contributed by atoms with E-state index in [0.29, 0.717) is 18.1 Å². The Balaban J connectivity index is 2.12. The van der Waals surface area contributed by atoms with Gasteiger partial charge in [-0.1, -0.05) is 27.2 Å². The third-order valence-electron chi connectivity index (χ3n) is 5.96. The summed E-state index contributed by atoms with van der Waals surface area (Å²) < 4.78 is 11.0. The van der Waals surface area contributed by atoms with E-state index in [1.807, 2.05) is 6.92 Å². The Labute approximate surface area is 126 Å². The quantitative estimate of drug-likeness (QED) is 0.796. The van der Waals surface area contributed by atoms with Crippen LogP contribution in [0.2, 0.25) is 0 Å². The summed E-state index contributed by atoms with van der Waals surface area (Å²) in [6, 6.07) is 0. The third kappa shape index (κ3) is 2.07. The molecule has 1 N–H and O–H groups in total. The van der Waals surface area contributed by atoms with E-state index in [1.165, 1.54) is 6.42 Å². The van der Waals surface area contributed by atoms with Crippen molar-refractivity contribution < 1.29 is 19.4 Å². The van der Waals surface area contributed by atoms with Crippen LogP contribution >= 0.6 is 0 Å². The molecule has 4 heteroatoms. The maximum atomic E-state index is 12.2.